The molecule has 0 spiro atoms. The molecule has 3 aromatic heterocycles. The van der Waals surface area contributed by atoms with Gasteiger partial charge in [-0.05, 0) is 38.5 Å². The van der Waals surface area contributed by atoms with E-state index in [0.29, 0.717) is 11.6 Å². The highest BCUT2D eigenvalue weighted by Gasteiger charge is 2.45. The molecule has 6 rings (SSSR count). The Bertz CT molecular complexity index is 1110. The van der Waals surface area contributed by atoms with Crippen molar-refractivity contribution in [2.75, 3.05) is 0 Å². The molecule has 1 aliphatic carbocycles. The van der Waals surface area contributed by atoms with Gasteiger partial charge in [0, 0.05) is 42.3 Å². The Morgan fingerprint density at radius 1 is 1.25 bits per heavy atom. The monoisotopic (exact) mass is 377 g/mol. The number of rotatable bonds is 1. The number of hydrogen-bond donors (Lipinski definition) is 0. The Morgan fingerprint density at radius 2 is 2.14 bits per heavy atom. The number of carbonyl (C=O) groups excluding carboxylic acids is 1. The van der Waals surface area contributed by atoms with Crippen molar-refractivity contribution in [1.29, 1.82) is 0 Å². The van der Waals surface area contributed by atoms with E-state index >= 15 is 0 Å². The first kappa shape index (κ1) is 16.3. The maximum absolute atomic E-state index is 13.5. The first-order valence-electron chi connectivity index (χ1n) is 10.2. The van der Waals surface area contributed by atoms with Crippen LogP contribution < -0.4 is 0 Å². The molecule has 0 saturated carbocycles. The van der Waals surface area contributed by atoms with Crippen LogP contribution in [0.1, 0.15) is 71.0 Å². The highest BCUT2D eigenvalue weighted by Crippen LogP contribution is 2.44. The zero-order valence-electron chi connectivity index (χ0n) is 16.2. The molecule has 3 aromatic rings. The van der Waals surface area contributed by atoms with Gasteiger partial charge in [0.2, 0.25) is 0 Å². The van der Waals surface area contributed by atoms with Gasteiger partial charge in [0.1, 0.15) is 5.76 Å². The van der Waals surface area contributed by atoms with Crippen LogP contribution in [0.4, 0.5) is 0 Å². The van der Waals surface area contributed by atoms with Crippen LogP contribution in [-0.2, 0) is 19.3 Å². The van der Waals surface area contributed by atoms with Gasteiger partial charge in [-0.25, -0.2) is 9.50 Å². The number of fused-ring (bicyclic) bond motifs is 7. The minimum absolute atomic E-state index is 0.0222. The van der Waals surface area contributed by atoms with Crippen molar-refractivity contribution in [3.63, 3.8) is 0 Å². The van der Waals surface area contributed by atoms with Crippen LogP contribution in [0.2, 0.25) is 0 Å². The molecule has 0 aromatic carbocycles. The minimum Gasteiger partial charge on any atom is -0.360 e. The van der Waals surface area contributed by atoms with Gasteiger partial charge >= 0.3 is 0 Å². The maximum Gasteiger partial charge on any atom is 0.277 e. The van der Waals surface area contributed by atoms with E-state index in [0.717, 1.165) is 66.8 Å². The van der Waals surface area contributed by atoms with Crippen molar-refractivity contribution in [3.05, 3.63) is 46.2 Å². The number of carbonyl (C=O) groups is 1. The van der Waals surface area contributed by atoms with E-state index in [1.165, 1.54) is 5.69 Å². The third kappa shape index (κ3) is 2.16. The topological polar surface area (TPSA) is 76.5 Å². The summed E-state index contributed by atoms with van der Waals surface area (Å²) in [4.78, 5) is 20.2. The predicted molar refractivity (Wildman–Crippen MR) is 101 cm³/mol. The van der Waals surface area contributed by atoms with E-state index in [1.807, 2.05) is 28.6 Å². The molecule has 7 heteroatoms. The van der Waals surface area contributed by atoms with Crippen LogP contribution in [0, 0.1) is 12.8 Å². The van der Waals surface area contributed by atoms with Crippen LogP contribution in [-0.4, -0.2) is 36.6 Å². The molecule has 1 amide bonds. The largest absolute Gasteiger partial charge is 0.360 e. The SMILES string of the molecule is Cc1cc2ncc3c(n2n1)C[C@H]1CC[C@H]3N1C(=O)c1noc2c1C[C@@H](C)CC2. The third-order valence-corrected chi connectivity index (χ3v) is 6.75. The van der Waals surface area contributed by atoms with Crippen molar-refractivity contribution in [3.8, 4) is 0 Å². The van der Waals surface area contributed by atoms with Crippen LogP contribution in [0.15, 0.2) is 16.8 Å². The van der Waals surface area contributed by atoms with E-state index in [4.69, 9.17) is 4.52 Å². The fraction of sp³-hybridized carbons (Fsp3) is 0.524. The van der Waals surface area contributed by atoms with Crippen molar-refractivity contribution in [2.24, 2.45) is 5.92 Å². The molecule has 0 unspecified atom stereocenters. The average molecular weight is 377 g/mol. The normalized spacial score (nSPS) is 25.8. The quantitative estimate of drug-likeness (QED) is 0.651. The number of aryl methyl sites for hydroxylation is 2. The molecule has 28 heavy (non-hydrogen) atoms. The molecule has 144 valence electrons. The van der Waals surface area contributed by atoms with E-state index in [2.05, 4.69) is 22.2 Å². The highest BCUT2D eigenvalue weighted by atomic mass is 16.5. The summed E-state index contributed by atoms with van der Waals surface area (Å²) in [7, 11) is 0. The summed E-state index contributed by atoms with van der Waals surface area (Å²) in [6.45, 7) is 4.22. The Labute approximate surface area is 162 Å². The van der Waals surface area contributed by atoms with Crippen molar-refractivity contribution in [2.45, 2.75) is 64.5 Å². The van der Waals surface area contributed by atoms with E-state index < -0.39 is 0 Å². The second-order valence-electron chi connectivity index (χ2n) is 8.66. The second kappa shape index (κ2) is 5.65. The van der Waals surface area contributed by atoms with E-state index in [9.17, 15) is 4.79 Å². The standard InChI is InChI=1S/C21H23N5O2/c1-11-3-6-18-14(7-11)20(24-28-18)21(27)25-13-4-5-16(25)15-10-22-19-8-12(2)23-26(19)17(15)9-13/h8,10-11,13,16H,3-7,9H2,1-2H3/t11-,13+,16+/m0/s1. The minimum atomic E-state index is 0.0222. The molecule has 2 bridgehead atoms. The summed E-state index contributed by atoms with van der Waals surface area (Å²) in [5.74, 6) is 1.49. The summed E-state index contributed by atoms with van der Waals surface area (Å²) in [6.07, 6.45) is 7.59. The molecule has 1 fully saturated rings. The second-order valence-corrected chi connectivity index (χ2v) is 8.66. The highest BCUT2D eigenvalue weighted by molar-refractivity contribution is 5.95. The summed E-state index contributed by atoms with van der Waals surface area (Å²) in [6, 6.07) is 2.24. The summed E-state index contributed by atoms with van der Waals surface area (Å²) in [5, 5.41) is 8.85. The van der Waals surface area contributed by atoms with Crippen molar-refractivity contribution >= 4 is 11.6 Å². The van der Waals surface area contributed by atoms with Crippen LogP contribution in [0.5, 0.6) is 0 Å². The van der Waals surface area contributed by atoms with Gasteiger partial charge in [-0.1, -0.05) is 12.1 Å². The van der Waals surface area contributed by atoms with Crippen LogP contribution in [0.3, 0.4) is 0 Å². The Kier molecular flexibility index (Phi) is 3.29. The molecule has 0 radical (unpaired) electrons. The fourth-order valence-corrected chi connectivity index (χ4v) is 5.38. The van der Waals surface area contributed by atoms with Crippen molar-refractivity contribution in [1.82, 2.24) is 24.7 Å². The molecule has 5 heterocycles. The predicted octanol–water partition coefficient (Wildman–Crippen LogP) is 3.05. The van der Waals surface area contributed by atoms with Crippen LogP contribution in [0.25, 0.3) is 5.65 Å². The first-order valence-corrected chi connectivity index (χ1v) is 10.2. The summed E-state index contributed by atoms with van der Waals surface area (Å²) in [5.41, 5.74) is 5.75. The van der Waals surface area contributed by atoms with E-state index in [-0.39, 0.29) is 18.0 Å². The molecule has 3 aliphatic rings. The Balaban J connectivity index is 1.41. The van der Waals surface area contributed by atoms with Gasteiger partial charge in [-0.3, -0.25) is 4.79 Å². The molecule has 0 N–H and O–H groups in total. The number of amides is 1. The molecule has 3 atom stereocenters. The zero-order valence-corrected chi connectivity index (χ0v) is 16.2. The first-order chi connectivity index (χ1) is 13.6. The van der Waals surface area contributed by atoms with Gasteiger partial charge in [-0.15, -0.1) is 0 Å². The lowest BCUT2D eigenvalue weighted by atomic mass is 9.87. The summed E-state index contributed by atoms with van der Waals surface area (Å²) >= 11 is 0. The maximum atomic E-state index is 13.5. The van der Waals surface area contributed by atoms with E-state index in [1.54, 1.807) is 0 Å². The van der Waals surface area contributed by atoms with Gasteiger partial charge in [0.05, 0.1) is 17.4 Å². The van der Waals surface area contributed by atoms with Crippen LogP contribution >= 0.6 is 0 Å². The van der Waals surface area contributed by atoms with Gasteiger partial charge in [0.25, 0.3) is 5.91 Å². The lowest BCUT2D eigenvalue weighted by molar-refractivity contribution is 0.0631. The molecule has 1 saturated heterocycles. The lowest BCUT2D eigenvalue weighted by Gasteiger charge is -2.36. The molecule has 7 nitrogen and oxygen atoms in total. The van der Waals surface area contributed by atoms with Gasteiger partial charge < -0.3 is 9.42 Å². The average Bonchev–Trinajstić information content (AvgIpc) is 3.35. The zero-order chi connectivity index (χ0) is 19.0. The molecular formula is C21H23N5O2. The third-order valence-electron chi connectivity index (χ3n) is 6.75. The number of nitrogens with zero attached hydrogens (tertiary/aromatic N) is 5. The van der Waals surface area contributed by atoms with Crippen molar-refractivity contribution < 1.29 is 9.32 Å². The summed E-state index contributed by atoms with van der Waals surface area (Å²) < 4.78 is 7.51. The smallest absolute Gasteiger partial charge is 0.277 e. The molecule has 2 aliphatic heterocycles. The lowest BCUT2D eigenvalue weighted by Crippen LogP contribution is -2.43. The van der Waals surface area contributed by atoms with Gasteiger partial charge in [0.15, 0.2) is 11.3 Å². The molecular weight excluding hydrogens is 354 g/mol. The number of aromatic nitrogens is 4. The Hall–Kier alpha value is -2.70. The fourth-order valence-electron chi connectivity index (χ4n) is 5.38. The number of hydrogen-bond acceptors (Lipinski definition) is 5. The Morgan fingerprint density at radius 3 is 3.04 bits per heavy atom. The van der Waals surface area contributed by atoms with Gasteiger partial charge in [-0.2, -0.15) is 5.10 Å².